The average molecular weight is 478 g/mol. The van der Waals surface area contributed by atoms with E-state index in [1.54, 1.807) is 25.2 Å². The first kappa shape index (κ1) is 22.6. The van der Waals surface area contributed by atoms with Gasteiger partial charge in [-0.2, -0.15) is 0 Å². The summed E-state index contributed by atoms with van der Waals surface area (Å²) in [5.74, 6) is 3.43. The van der Waals surface area contributed by atoms with Gasteiger partial charge in [-0.25, -0.2) is 4.79 Å². The second-order valence-corrected chi connectivity index (χ2v) is 8.11. The number of piperazine rings is 1. The maximum atomic E-state index is 12.8. The number of aromatic nitrogens is 2. The van der Waals surface area contributed by atoms with E-state index in [1.165, 1.54) is 0 Å². The molecule has 5 rings (SSSR count). The lowest BCUT2D eigenvalue weighted by Gasteiger charge is -2.35. The van der Waals surface area contributed by atoms with Crippen molar-refractivity contribution in [3.8, 4) is 34.3 Å². The summed E-state index contributed by atoms with van der Waals surface area (Å²) in [6, 6.07) is 14.8. The Kier molecular flexibility index (Phi) is 6.42. The van der Waals surface area contributed by atoms with Crippen LogP contribution in [0.2, 0.25) is 0 Å². The van der Waals surface area contributed by atoms with Gasteiger partial charge >= 0.3 is 6.03 Å². The second kappa shape index (κ2) is 9.96. The van der Waals surface area contributed by atoms with E-state index in [1.807, 2.05) is 42.5 Å². The molecular weight excluding hydrogens is 450 g/mol. The Morgan fingerprint density at radius 1 is 0.857 bits per heavy atom. The lowest BCUT2D eigenvalue weighted by molar-refractivity contribution is 0.171. The van der Waals surface area contributed by atoms with Gasteiger partial charge in [0.1, 0.15) is 13.2 Å². The number of methoxy groups -OCH3 is 2. The van der Waals surface area contributed by atoms with Crippen LogP contribution in [0, 0.1) is 0 Å². The fraction of sp³-hybridized carbons (Fsp3) is 0.320. The van der Waals surface area contributed by atoms with Gasteiger partial charge in [-0.3, -0.25) is 0 Å². The van der Waals surface area contributed by atoms with Crippen LogP contribution in [0.25, 0.3) is 11.3 Å². The van der Waals surface area contributed by atoms with Crippen molar-refractivity contribution in [2.45, 2.75) is 0 Å². The van der Waals surface area contributed by atoms with Gasteiger partial charge in [-0.1, -0.05) is 0 Å². The number of carbonyl (C=O) groups excluding carboxylic acids is 1. The van der Waals surface area contributed by atoms with E-state index in [4.69, 9.17) is 18.9 Å². The van der Waals surface area contributed by atoms with E-state index in [9.17, 15) is 4.79 Å². The molecule has 3 heterocycles. The third-order valence-corrected chi connectivity index (χ3v) is 6.01. The molecule has 1 fully saturated rings. The number of hydrogen-bond acceptors (Lipinski definition) is 8. The highest BCUT2D eigenvalue weighted by atomic mass is 16.6. The Labute approximate surface area is 203 Å². The average Bonchev–Trinajstić information content (AvgIpc) is 2.92. The van der Waals surface area contributed by atoms with E-state index in [0.29, 0.717) is 68.1 Å². The molecule has 1 saturated heterocycles. The quantitative estimate of drug-likeness (QED) is 0.598. The minimum Gasteiger partial charge on any atom is -0.493 e. The maximum absolute atomic E-state index is 12.8. The fourth-order valence-electron chi connectivity index (χ4n) is 4.11. The Morgan fingerprint density at radius 2 is 1.63 bits per heavy atom. The van der Waals surface area contributed by atoms with Crippen molar-refractivity contribution in [3.05, 3.63) is 48.5 Å². The smallest absolute Gasteiger partial charge is 0.321 e. The van der Waals surface area contributed by atoms with Gasteiger partial charge in [0.15, 0.2) is 28.8 Å². The van der Waals surface area contributed by atoms with Crippen LogP contribution < -0.4 is 29.2 Å². The third-order valence-electron chi connectivity index (χ3n) is 6.01. The molecule has 0 atom stereocenters. The Balaban J connectivity index is 1.18. The molecule has 2 aliphatic heterocycles. The van der Waals surface area contributed by atoms with Crippen molar-refractivity contribution in [3.63, 3.8) is 0 Å². The van der Waals surface area contributed by atoms with Gasteiger partial charge in [-0.05, 0) is 42.5 Å². The number of benzene rings is 2. The lowest BCUT2D eigenvalue weighted by atomic mass is 10.1. The van der Waals surface area contributed by atoms with E-state index < -0.39 is 0 Å². The highest BCUT2D eigenvalue weighted by Crippen LogP contribution is 2.33. The van der Waals surface area contributed by atoms with Crippen molar-refractivity contribution in [2.24, 2.45) is 0 Å². The number of fused-ring (bicyclic) bond motifs is 1. The molecule has 1 aromatic heterocycles. The number of nitrogens with one attached hydrogen (secondary N) is 1. The van der Waals surface area contributed by atoms with E-state index in [0.717, 1.165) is 17.1 Å². The highest BCUT2D eigenvalue weighted by molar-refractivity contribution is 5.90. The molecule has 10 nitrogen and oxygen atoms in total. The maximum Gasteiger partial charge on any atom is 0.321 e. The molecule has 10 heteroatoms. The molecule has 0 radical (unpaired) electrons. The number of amides is 2. The SMILES string of the molecule is COc1ccc(-c2ccc(N3CCN(C(=O)Nc4ccc5c(c4)OCCO5)CC3)nn2)cc1OC. The van der Waals surface area contributed by atoms with Crippen LogP contribution in [0.4, 0.5) is 16.3 Å². The van der Waals surface area contributed by atoms with E-state index in [-0.39, 0.29) is 6.03 Å². The van der Waals surface area contributed by atoms with Crippen LogP contribution >= 0.6 is 0 Å². The first-order valence-electron chi connectivity index (χ1n) is 11.4. The second-order valence-electron chi connectivity index (χ2n) is 8.11. The van der Waals surface area contributed by atoms with Crippen molar-refractivity contribution in [1.29, 1.82) is 0 Å². The number of ether oxygens (including phenoxy) is 4. The largest absolute Gasteiger partial charge is 0.493 e. The molecule has 2 aliphatic rings. The van der Waals surface area contributed by atoms with Crippen molar-refractivity contribution >= 4 is 17.5 Å². The van der Waals surface area contributed by atoms with Crippen LogP contribution in [-0.2, 0) is 0 Å². The van der Waals surface area contributed by atoms with Gasteiger partial charge in [0.05, 0.1) is 19.9 Å². The molecule has 0 spiro atoms. The molecule has 182 valence electrons. The zero-order chi connectivity index (χ0) is 24.2. The number of rotatable bonds is 5. The normalized spacial score (nSPS) is 14.9. The summed E-state index contributed by atoms with van der Waals surface area (Å²) in [5.41, 5.74) is 2.31. The molecule has 0 aliphatic carbocycles. The highest BCUT2D eigenvalue weighted by Gasteiger charge is 2.23. The zero-order valence-electron chi connectivity index (χ0n) is 19.7. The predicted molar refractivity (Wildman–Crippen MR) is 131 cm³/mol. The molecule has 2 amide bonds. The topological polar surface area (TPSA) is 98.3 Å². The van der Waals surface area contributed by atoms with Crippen LogP contribution in [0.15, 0.2) is 48.5 Å². The summed E-state index contributed by atoms with van der Waals surface area (Å²) >= 11 is 0. The molecule has 3 aromatic rings. The zero-order valence-corrected chi connectivity index (χ0v) is 19.7. The third kappa shape index (κ3) is 4.86. The minimum atomic E-state index is -0.142. The summed E-state index contributed by atoms with van der Waals surface area (Å²) in [5, 5.41) is 11.8. The molecule has 35 heavy (non-hydrogen) atoms. The van der Waals surface area contributed by atoms with Crippen molar-refractivity contribution in [2.75, 3.05) is 63.8 Å². The van der Waals surface area contributed by atoms with Gasteiger partial charge in [0.2, 0.25) is 0 Å². The van der Waals surface area contributed by atoms with Crippen molar-refractivity contribution < 1.29 is 23.7 Å². The van der Waals surface area contributed by atoms with Gasteiger partial charge < -0.3 is 34.1 Å². The molecule has 0 saturated carbocycles. The van der Waals surface area contributed by atoms with Gasteiger partial charge in [0, 0.05) is 43.5 Å². The first-order valence-corrected chi connectivity index (χ1v) is 11.4. The predicted octanol–water partition coefficient (Wildman–Crippen LogP) is 3.29. The Bertz CT molecular complexity index is 1200. The summed E-state index contributed by atoms with van der Waals surface area (Å²) in [6.45, 7) is 3.53. The van der Waals surface area contributed by atoms with Gasteiger partial charge in [0.25, 0.3) is 0 Å². The Morgan fingerprint density at radius 3 is 2.34 bits per heavy atom. The van der Waals surface area contributed by atoms with Crippen LogP contribution in [0.1, 0.15) is 0 Å². The standard InChI is InChI=1S/C25H27N5O5/c1-32-20-6-3-17(15-22(20)33-2)19-5-8-24(28-27-19)29-9-11-30(12-10-29)25(31)26-18-4-7-21-23(16-18)35-14-13-34-21/h3-8,15-16H,9-14H2,1-2H3,(H,26,31). The summed E-state index contributed by atoms with van der Waals surface area (Å²) in [4.78, 5) is 16.7. The first-order chi connectivity index (χ1) is 17.1. The number of nitrogens with zero attached hydrogens (tertiary/aromatic N) is 4. The lowest BCUT2D eigenvalue weighted by Crippen LogP contribution is -2.50. The van der Waals surface area contributed by atoms with E-state index >= 15 is 0 Å². The number of urea groups is 1. The summed E-state index contributed by atoms with van der Waals surface area (Å²) < 4.78 is 21.8. The molecular formula is C25H27N5O5. The number of anilines is 2. The number of carbonyl (C=O) groups is 1. The number of hydrogen-bond donors (Lipinski definition) is 1. The van der Waals surface area contributed by atoms with Crippen molar-refractivity contribution in [1.82, 2.24) is 15.1 Å². The van der Waals surface area contributed by atoms with E-state index in [2.05, 4.69) is 20.4 Å². The minimum absolute atomic E-state index is 0.142. The molecule has 2 aromatic carbocycles. The molecule has 0 bridgehead atoms. The molecule has 0 unspecified atom stereocenters. The summed E-state index contributed by atoms with van der Waals surface area (Å²) in [6.07, 6.45) is 0. The van der Waals surface area contributed by atoms with Crippen LogP contribution in [0.5, 0.6) is 23.0 Å². The van der Waals surface area contributed by atoms with Crippen LogP contribution in [-0.4, -0.2) is 74.7 Å². The Hall–Kier alpha value is -4.21. The monoisotopic (exact) mass is 477 g/mol. The van der Waals surface area contributed by atoms with Gasteiger partial charge in [-0.15, -0.1) is 10.2 Å². The van der Waals surface area contributed by atoms with Crippen LogP contribution in [0.3, 0.4) is 0 Å². The molecule has 1 N–H and O–H groups in total. The summed E-state index contributed by atoms with van der Waals surface area (Å²) in [7, 11) is 3.21. The fourth-order valence-corrected chi connectivity index (χ4v) is 4.11.